The van der Waals surface area contributed by atoms with E-state index in [2.05, 4.69) is 45.9 Å². The molecule has 0 bridgehead atoms. The molecule has 10 nitrogen and oxygen atoms in total. The molecule has 0 spiro atoms. The van der Waals surface area contributed by atoms with Gasteiger partial charge in [-0.1, -0.05) is 13.8 Å². The van der Waals surface area contributed by atoms with Crippen LogP contribution in [0.4, 0.5) is 27.7 Å². The van der Waals surface area contributed by atoms with Crippen LogP contribution >= 0.6 is 0 Å². The van der Waals surface area contributed by atoms with Crippen LogP contribution in [0, 0.1) is 5.92 Å². The Balaban J connectivity index is 1.38. The van der Waals surface area contributed by atoms with E-state index in [4.69, 9.17) is 4.98 Å². The summed E-state index contributed by atoms with van der Waals surface area (Å²) in [6.45, 7) is 9.13. The van der Waals surface area contributed by atoms with Gasteiger partial charge in [-0.3, -0.25) is 4.98 Å². The van der Waals surface area contributed by atoms with Gasteiger partial charge in [0.1, 0.15) is 27.6 Å². The van der Waals surface area contributed by atoms with E-state index in [1.807, 2.05) is 18.5 Å². The first kappa shape index (κ1) is 28.4. The minimum atomic E-state index is -2.98. The molecule has 0 radical (unpaired) electrons. The van der Waals surface area contributed by atoms with Gasteiger partial charge in [0.05, 0.1) is 35.5 Å². The second-order valence-electron chi connectivity index (χ2n) is 11.8. The highest BCUT2D eigenvalue weighted by atomic mass is 32.2. The highest BCUT2D eigenvalue weighted by Crippen LogP contribution is 2.39. The Morgan fingerprint density at radius 2 is 1.95 bits per heavy atom. The summed E-state index contributed by atoms with van der Waals surface area (Å²) in [6.07, 6.45) is 6.22. The van der Waals surface area contributed by atoms with Gasteiger partial charge >= 0.3 is 0 Å². The average molecular weight is 572 g/mol. The standard InChI is InChI=1S/C28H38FN7O3S/c1-17(2)26-20-12-25(33-24-6-9-30-27(34-24)35-10-8-28(4,37)23(29)16-35)31-13-21(20)22(14-32-26)36-15-19(18(36)3)7-11-40(5,38)39/h6,9,12-14,17-19,23,37H,7-8,10-11,15-16H2,1-5H3,(H,30,31,33,34)/t18-,19+,23-,28+/m1/s1. The van der Waals surface area contributed by atoms with E-state index in [1.165, 1.54) is 13.2 Å². The minimum absolute atomic E-state index is 0.0287. The van der Waals surface area contributed by atoms with Crippen molar-refractivity contribution in [1.29, 1.82) is 0 Å². The maximum absolute atomic E-state index is 14.4. The van der Waals surface area contributed by atoms with Crippen LogP contribution in [0.1, 0.15) is 52.1 Å². The lowest BCUT2D eigenvalue weighted by Crippen LogP contribution is -2.55. The fraction of sp³-hybridized carbons (Fsp3) is 0.571. The lowest BCUT2D eigenvalue weighted by Gasteiger charge is -2.48. The molecule has 3 aromatic rings. The van der Waals surface area contributed by atoms with E-state index in [-0.39, 0.29) is 24.3 Å². The van der Waals surface area contributed by atoms with Crippen molar-refractivity contribution in [1.82, 2.24) is 19.9 Å². The number of hydrogen-bond acceptors (Lipinski definition) is 10. The van der Waals surface area contributed by atoms with Crippen molar-refractivity contribution in [2.45, 2.75) is 64.3 Å². The monoisotopic (exact) mass is 571 g/mol. The zero-order valence-electron chi connectivity index (χ0n) is 23.7. The molecule has 0 amide bonds. The third-order valence-corrected chi connectivity index (χ3v) is 9.21. The van der Waals surface area contributed by atoms with E-state index >= 15 is 0 Å². The molecular formula is C28H38FN7O3S. The van der Waals surface area contributed by atoms with Gasteiger partial charge in [0.2, 0.25) is 5.95 Å². The number of aliphatic hydroxyl groups is 1. The second kappa shape index (κ2) is 10.7. The Morgan fingerprint density at radius 1 is 1.18 bits per heavy atom. The maximum Gasteiger partial charge on any atom is 0.227 e. The Morgan fingerprint density at radius 3 is 2.62 bits per heavy atom. The maximum atomic E-state index is 14.4. The van der Waals surface area contributed by atoms with Crippen LogP contribution in [-0.4, -0.2) is 82.9 Å². The largest absolute Gasteiger partial charge is 0.387 e. The van der Waals surface area contributed by atoms with Gasteiger partial charge in [-0.05, 0) is 50.7 Å². The number of nitrogens with one attached hydrogen (secondary N) is 1. The van der Waals surface area contributed by atoms with Crippen LogP contribution in [0.3, 0.4) is 0 Å². The fourth-order valence-corrected chi connectivity index (χ4v) is 6.22. The lowest BCUT2D eigenvalue weighted by atomic mass is 9.86. The van der Waals surface area contributed by atoms with Crippen molar-refractivity contribution in [3.05, 3.63) is 36.4 Å². The van der Waals surface area contributed by atoms with Crippen LogP contribution < -0.4 is 15.1 Å². The van der Waals surface area contributed by atoms with Crippen molar-refractivity contribution < 1.29 is 17.9 Å². The molecule has 12 heteroatoms. The summed E-state index contributed by atoms with van der Waals surface area (Å²) < 4.78 is 37.7. The topological polar surface area (TPSA) is 124 Å². The van der Waals surface area contributed by atoms with E-state index < -0.39 is 21.6 Å². The molecule has 0 unspecified atom stereocenters. The Labute approximate surface area is 235 Å². The molecule has 0 aromatic carbocycles. The van der Waals surface area contributed by atoms with Crippen LogP contribution in [0.25, 0.3) is 10.8 Å². The predicted octanol–water partition coefficient (Wildman–Crippen LogP) is 3.85. The third-order valence-electron chi connectivity index (χ3n) is 8.23. The van der Waals surface area contributed by atoms with Gasteiger partial charge in [-0.2, -0.15) is 4.98 Å². The van der Waals surface area contributed by atoms with Gasteiger partial charge < -0.3 is 20.2 Å². The number of sulfone groups is 1. The molecule has 0 saturated carbocycles. The summed E-state index contributed by atoms with van der Waals surface area (Å²) in [7, 11) is -2.98. The Kier molecular flexibility index (Phi) is 7.60. The molecule has 5 heterocycles. The summed E-state index contributed by atoms with van der Waals surface area (Å²) in [6, 6.07) is 3.92. The van der Waals surface area contributed by atoms with Gasteiger partial charge in [0.25, 0.3) is 0 Å². The number of piperidine rings is 1. The minimum Gasteiger partial charge on any atom is -0.387 e. The third kappa shape index (κ3) is 5.83. The lowest BCUT2D eigenvalue weighted by molar-refractivity contribution is -0.0332. The van der Waals surface area contributed by atoms with Gasteiger partial charge in [0, 0.05) is 48.6 Å². The zero-order valence-corrected chi connectivity index (χ0v) is 24.5. The number of aromatic nitrogens is 4. The summed E-state index contributed by atoms with van der Waals surface area (Å²) in [5, 5.41) is 15.4. The quantitative estimate of drug-likeness (QED) is 0.412. The fourth-order valence-electron chi connectivity index (χ4n) is 5.48. The van der Waals surface area contributed by atoms with E-state index in [0.717, 1.165) is 28.7 Å². The summed E-state index contributed by atoms with van der Waals surface area (Å²) in [4.78, 5) is 22.4. The summed E-state index contributed by atoms with van der Waals surface area (Å²) >= 11 is 0. The van der Waals surface area contributed by atoms with Crippen LogP contribution in [0.15, 0.2) is 30.7 Å². The molecule has 2 aliphatic heterocycles. The summed E-state index contributed by atoms with van der Waals surface area (Å²) in [5.41, 5.74) is 0.615. The zero-order chi connectivity index (χ0) is 28.8. The Hall–Kier alpha value is -3.12. The van der Waals surface area contributed by atoms with Crippen molar-refractivity contribution >= 4 is 43.9 Å². The molecule has 5 rings (SSSR count). The van der Waals surface area contributed by atoms with Crippen LogP contribution in [-0.2, 0) is 9.84 Å². The highest BCUT2D eigenvalue weighted by Gasteiger charge is 2.39. The van der Waals surface area contributed by atoms with E-state index in [0.29, 0.717) is 42.9 Å². The van der Waals surface area contributed by atoms with Gasteiger partial charge in [-0.25, -0.2) is 22.8 Å². The van der Waals surface area contributed by atoms with Gasteiger partial charge in [0.15, 0.2) is 0 Å². The van der Waals surface area contributed by atoms with Crippen molar-refractivity contribution in [2.75, 3.05) is 46.8 Å². The number of pyridine rings is 2. The number of fused-ring (bicyclic) bond motifs is 1. The van der Waals surface area contributed by atoms with Crippen LogP contribution in [0.5, 0.6) is 0 Å². The first-order valence-corrected chi connectivity index (χ1v) is 15.8. The molecule has 40 heavy (non-hydrogen) atoms. The number of alkyl halides is 1. The molecule has 216 valence electrons. The molecule has 2 aliphatic rings. The second-order valence-corrected chi connectivity index (χ2v) is 14.0. The van der Waals surface area contributed by atoms with Gasteiger partial charge in [-0.15, -0.1) is 0 Å². The van der Waals surface area contributed by atoms with Crippen molar-refractivity contribution in [3.8, 4) is 0 Å². The molecule has 2 N–H and O–H groups in total. The van der Waals surface area contributed by atoms with E-state index in [1.54, 1.807) is 17.2 Å². The number of halogens is 1. The first-order valence-electron chi connectivity index (χ1n) is 13.8. The molecule has 2 saturated heterocycles. The number of hydrogen-bond donors (Lipinski definition) is 2. The van der Waals surface area contributed by atoms with E-state index in [9.17, 15) is 17.9 Å². The molecule has 2 fully saturated rings. The first-order chi connectivity index (χ1) is 18.8. The van der Waals surface area contributed by atoms with Crippen molar-refractivity contribution in [2.24, 2.45) is 5.92 Å². The highest BCUT2D eigenvalue weighted by molar-refractivity contribution is 7.90. The smallest absolute Gasteiger partial charge is 0.227 e. The SMILES string of the molecule is CC(C)c1ncc(N2C[C@H](CCS(C)(=O)=O)[C@H]2C)c2cnc(Nc3ccnc(N4CC[C@](C)(O)[C@H](F)C4)n3)cc12. The number of rotatable bonds is 8. The summed E-state index contributed by atoms with van der Waals surface area (Å²) in [5.74, 6) is 2.24. The number of anilines is 4. The number of nitrogens with zero attached hydrogens (tertiary/aromatic N) is 6. The molecule has 0 aliphatic carbocycles. The van der Waals surface area contributed by atoms with Crippen LogP contribution in [0.2, 0.25) is 0 Å². The van der Waals surface area contributed by atoms with Crippen molar-refractivity contribution in [3.63, 3.8) is 0 Å². The Bertz CT molecular complexity index is 1500. The predicted molar refractivity (Wildman–Crippen MR) is 156 cm³/mol. The molecular weight excluding hydrogens is 533 g/mol. The normalized spacial score (nSPS) is 25.4. The average Bonchev–Trinajstić information content (AvgIpc) is 2.88. The molecule has 4 atom stereocenters. The molecule has 3 aromatic heterocycles.